The van der Waals surface area contributed by atoms with Gasteiger partial charge in [0.15, 0.2) is 0 Å². The predicted octanol–water partition coefficient (Wildman–Crippen LogP) is 3.03. The van der Waals surface area contributed by atoms with Gasteiger partial charge >= 0.3 is 0 Å². The Hall–Kier alpha value is -1.65. The number of para-hydroxylation sites is 1. The molecule has 2 aromatic rings. The van der Waals surface area contributed by atoms with E-state index >= 15 is 0 Å². The van der Waals surface area contributed by atoms with Gasteiger partial charge in [-0.1, -0.05) is 18.2 Å². The van der Waals surface area contributed by atoms with Crippen molar-refractivity contribution in [3.8, 4) is 0 Å². The number of hydrogen-bond acceptors (Lipinski definition) is 3. The lowest BCUT2D eigenvalue weighted by molar-refractivity contribution is -0.102. The van der Waals surface area contributed by atoms with E-state index in [-0.39, 0.29) is 11.7 Å². The molecule has 1 unspecified atom stereocenters. The van der Waals surface area contributed by atoms with Gasteiger partial charge in [-0.05, 0) is 44.9 Å². The highest BCUT2D eigenvalue weighted by Crippen LogP contribution is 2.38. The van der Waals surface area contributed by atoms with E-state index in [0.29, 0.717) is 0 Å². The monoisotopic (exact) mass is 311 g/mol. The van der Waals surface area contributed by atoms with Crippen LogP contribution in [-0.2, 0) is 11.2 Å². The van der Waals surface area contributed by atoms with E-state index < -0.39 is 0 Å². The summed E-state index contributed by atoms with van der Waals surface area (Å²) in [7, 11) is 2.18. The number of aliphatic imine (C=N–C) groups is 1. The SMILES string of the molecule is CC1OC2(CCN(C)CC2)/C1=N/CCc1c[nH]c2ccccc12. The molecule has 0 bridgehead atoms. The van der Waals surface area contributed by atoms with Crippen LogP contribution in [-0.4, -0.2) is 54.0 Å². The number of nitrogens with zero attached hydrogens (tertiary/aromatic N) is 2. The van der Waals surface area contributed by atoms with Crippen molar-refractivity contribution >= 4 is 16.6 Å². The number of benzene rings is 1. The van der Waals surface area contributed by atoms with E-state index in [2.05, 4.69) is 54.3 Å². The van der Waals surface area contributed by atoms with Gasteiger partial charge in [0.25, 0.3) is 0 Å². The van der Waals surface area contributed by atoms with Crippen molar-refractivity contribution in [1.29, 1.82) is 0 Å². The van der Waals surface area contributed by atoms with Gasteiger partial charge in [-0.3, -0.25) is 4.99 Å². The number of ether oxygens (including phenoxy) is 1. The normalized spacial score (nSPS) is 26.0. The maximum atomic E-state index is 6.12. The van der Waals surface area contributed by atoms with Gasteiger partial charge in [-0.2, -0.15) is 0 Å². The average Bonchev–Trinajstić information content (AvgIpc) is 2.97. The van der Waals surface area contributed by atoms with E-state index in [1.165, 1.54) is 22.2 Å². The topological polar surface area (TPSA) is 40.6 Å². The minimum Gasteiger partial charge on any atom is -0.361 e. The zero-order valence-corrected chi connectivity index (χ0v) is 14.0. The lowest BCUT2D eigenvalue weighted by Crippen LogP contribution is -2.63. The molecular formula is C19H25N3O. The van der Waals surface area contributed by atoms with Crippen LogP contribution in [0, 0.1) is 0 Å². The number of aromatic nitrogens is 1. The number of aromatic amines is 1. The summed E-state index contributed by atoms with van der Waals surface area (Å²) in [5, 5.41) is 1.32. The molecular weight excluding hydrogens is 286 g/mol. The molecule has 1 spiro atoms. The van der Waals surface area contributed by atoms with Crippen LogP contribution in [0.2, 0.25) is 0 Å². The number of hydrogen-bond donors (Lipinski definition) is 1. The maximum Gasteiger partial charge on any atom is 0.112 e. The smallest absolute Gasteiger partial charge is 0.112 e. The molecule has 0 saturated carbocycles. The van der Waals surface area contributed by atoms with Crippen molar-refractivity contribution in [3.05, 3.63) is 36.0 Å². The number of fused-ring (bicyclic) bond motifs is 1. The molecule has 3 heterocycles. The second-order valence-corrected chi connectivity index (χ2v) is 6.93. The molecule has 1 aromatic heterocycles. The lowest BCUT2D eigenvalue weighted by Gasteiger charge is -2.51. The van der Waals surface area contributed by atoms with Crippen LogP contribution in [0.25, 0.3) is 10.9 Å². The third kappa shape index (κ3) is 2.60. The quantitative estimate of drug-likeness (QED) is 0.946. The van der Waals surface area contributed by atoms with E-state index in [0.717, 1.165) is 38.9 Å². The summed E-state index contributed by atoms with van der Waals surface area (Å²) in [4.78, 5) is 10.7. The Labute approximate surface area is 137 Å². The molecule has 1 aromatic carbocycles. The lowest BCUT2D eigenvalue weighted by atomic mass is 9.79. The van der Waals surface area contributed by atoms with Gasteiger partial charge < -0.3 is 14.6 Å². The van der Waals surface area contributed by atoms with Gasteiger partial charge in [-0.15, -0.1) is 0 Å². The molecule has 2 aliphatic rings. The first-order valence-electron chi connectivity index (χ1n) is 8.64. The zero-order valence-electron chi connectivity index (χ0n) is 14.0. The predicted molar refractivity (Wildman–Crippen MR) is 94.3 cm³/mol. The molecule has 1 atom stereocenters. The fraction of sp³-hybridized carbons (Fsp3) is 0.526. The van der Waals surface area contributed by atoms with Crippen LogP contribution in [0.4, 0.5) is 0 Å². The van der Waals surface area contributed by atoms with Crippen molar-refractivity contribution < 1.29 is 4.74 Å². The minimum absolute atomic E-state index is 0.0495. The Balaban J connectivity index is 1.46. The molecule has 4 rings (SSSR count). The molecule has 2 fully saturated rings. The molecule has 4 nitrogen and oxygen atoms in total. The Bertz CT molecular complexity index is 725. The molecule has 23 heavy (non-hydrogen) atoms. The second kappa shape index (κ2) is 5.77. The fourth-order valence-corrected chi connectivity index (χ4v) is 4.03. The molecule has 0 radical (unpaired) electrons. The fourth-order valence-electron chi connectivity index (χ4n) is 4.03. The van der Waals surface area contributed by atoms with Crippen LogP contribution in [0.3, 0.4) is 0 Å². The Morgan fingerprint density at radius 2 is 2.09 bits per heavy atom. The Kier molecular flexibility index (Phi) is 3.74. The number of H-pyrrole nitrogens is 1. The van der Waals surface area contributed by atoms with Crippen LogP contribution in [0.1, 0.15) is 25.3 Å². The number of likely N-dealkylation sites (tertiary alicyclic amines) is 1. The van der Waals surface area contributed by atoms with Gasteiger partial charge in [0, 0.05) is 36.7 Å². The van der Waals surface area contributed by atoms with Gasteiger partial charge in [0.1, 0.15) is 5.60 Å². The van der Waals surface area contributed by atoms with Crippen molar-refractivity contribution in [3.63, 3.8) is 0 Å². The minimum atomic E-state index is -0.0495. The highest BCUT2D eigenvalue weighted by molar-refractivity contribution is 6.00. The molecule has 1 N–H and O–H groups in total. The first-order chi connectivity index (χ1) is 11.2. The number of rotatable bonds is 3. The summed E-state index contributed by atoms with van der Waals surface area (Å²) in [6.07, 6.45) is 5.47. The summed E-state index contributed by atoms with van der Waals surface area (Å²) in [6.45, 7) is 5.19. The summed E-state index contributed by atoms with van der Waals surface area (Å²) in [5.74, 6) is 0. The first kappa shape index (κ1) is 14.9. The molecule has 2 aliphatic heterocycles. The summed E-state index contributed by atoms with van der Waals surface area (Å²) >= 11 is 0. The van der Waals surface area contributed by atoms with E-state index in [1.54, 1.807) is 0 Å². The summed E-state index contributed by atoms with van der Waals surface area (Å²) in [5.41, 5.74) is 3.81. The molecule has 0 aliphatic carbocycles. The standard InChI is InChI=1S/C19H25N3O/c1-14-18(19(23-14)8-11-22(2)12-9-19)20-10-7-15-13-21-17-6-4-3-5-16(15)17/h3-6,13-14,21H,7-12H2,1-2H3/b20-18+. The summed E-state index contributed by atoms with van der Waals surface area (Å²) < 4.78 is 6.12. The van der Waals surface area contributed by atoms with Crippen LogP contribution >= 0.6 is 0 Å². The van der Waals surface area contributed by atoms with Crippen LogP contribution in [0.5, 0.6) is 0 Å². The molecule has 0 amide bonds. The molecule has 122 valence electrons. The van der Waals surface area contributed by atoms with Gasteiger partial charge in [0.05, 0.1) is 11.8 Å². The average molecular weight is 311 g/mol. The Morgan fingerprint density at radius 1 is 1.30 bits per heavy atom. The van der Waals surface area contributed by atoms with Crippen molar-refractivity contribution in [2.75, 3.05) is 26.7 Å². The third-order valence-electron chi connectivity index (χ3n) is 5.39. The summed E-state index contributed by atoms with van der Waals surface area (Å²) in [6, 6.07) is 8.48. The molecule has 4 heteroatoms. The zero-order chi connectivity index (χ0) is 15.9. The highest BCUT2D eigenvalue weighted by Gasteiger charge is 2.51. The largest absolute Gasteiger partial charge is 0.361 e. The van der Waals surface area contributed by atoms with E-state index in [9.17, 15) is 0 Å². The van der Waals surface area contributed by atoms with Crippen molar-refractivity contribution in [2.45, 2.75) is 37.9 Å². The van der Waals surface area contributed by atoms with E-state index in [4.69, 9.17) is 9.73 Å². The highest BCUT2D eigenvalue weighted by atomic mass is 16.5. The number of piperidine rings is 1. The Morgan fingerprint density at radius 3 is 2.87 bits per heavy atom. The van der Waals surface area contributed by atoms with Crippen molar-refractivity contribution in [1.82, 2.24) is 9.88 Å². The van der Waals surface area contributed by atoms with Gasteiger partial charge in [0.2, 0.25) is 0 Å². The van der Waals surface area contributed by atoms with Crippen LogP contribution < -0.4 is 0 Å². The van der Waals surface area contributed by atoms with Crippen molar-refractivity contribution in [2.24, 2.45) is 4.99 Å². The maximum absolute atomic E-state index is 6.12. The molecule has 2 saturated heterocycles. The van der Waals surface area contributed by atoms with E-state index in [1.807, 2.05) is 0 Å². The van der Waals surface area contributed by atoms with Gasteiger partial charge in [-0.25, -0.2) is 0 Å². The second-order valence-electron chi connectivity index (χ2n) is 6.93. The van der Waals surface area contributed by atoms with Crippen LogP contribution in [0.15, 0.2) is 35.5 Å². The first-order valence-corrected chi connectivity index (χ1v) is 8.64. The number of nitrogens with one attached hydrogen (secondary N) is 1. The third-order valence-corrected chi connectivity index (χ3v) is 5.39.